The summed E-state index contributed by atoms with van der Waals surface area (Å²) in [6, 6.07) is 0. The van der Waals surface area contributed by atoms with Crippen molar-refractivity contribution in [2.45, 2.75) is 0 Å². The minimum atomic E-state index is 0.553. The largest absolute Gasteiger partial charge is 0.424 e. The fourth-order valence-electron chi connectivity index (χ4n) is 0.609. The van der Waals surface area contributed by atoms with Crippen LogP contribution >= 0.6 is 0 Å². The lowest BCUT2D eigenvalue weighted by Gasteiger charge is -2.04. The average molecular weight is 124 g/mol. The number of nitrogens with zero attached hydrogens (tertiary/aromatic N) is 2. The zero-order valence-electron chi connectivity index (χ0n) is 4.46. The van der Waals surface area contributed by atoms with Crippen molar-refractivity contribution in [1.82, 2.24) is 10.4 Å². The summed E-state index contributed by atoms with van der Waals surface area (Å²) < 4.78 is 4.86. The summed E-state index contributed by atoms with van der Waals surface area (Å²) in [6.07, 6.45) is 2.84. The smallest absolute Gasteiger partial charge is 0.258 e. The van der Waals surface area contributed by atoms with Gasteiger partial charge in [0.05, 0.1) is 0 Å². The summed E-state index contributed by atoms with van der Waals surface area (Å²) in [4.78, 5) is 7.64. The third-order valence-electron chi connectivity index (χ3n) is 0.986. The van der Waals surface area contributed by atoms with Gasteiger partial charge in [0, 0.05) is 0 Å². The molecule has 2 N–H and O–H groups in total. The van der Waals surface area contributed by atoms with Crippen LogP contribution in [0, 0.1) is 0 Å². The molecular weight excluding hydrogens is 120 g/mol. The van der Waals surface area contributed by atoms with Gasteiger partial charge >= 0.3 is 0 Å². The predicted molar refractivity (Wildman–Crippen MR) is 31.4 cm³/mol. The normalized spacial score (nSPS) is 13.8. The van der Waals surface area contributed by atoms with Gasteiger partial charge in [0.25, 0.3) is 5.88 Å². The molecule has 1 aromatic rings. The Kier molecular flexibility index (Phi) is 0.717. The van der Waals surface area contributed by atoms with Crippen molar-refractivity contribution in [3.05, 3.63) is 6.39 Å². The molecule has 2 heterocycles. The zero-order chi connectivity index (χ0) is 6.10. The number of aromatic nitrogens is 1. The first-order valence-corrected chi connectivity index (χ1v) is 2.44. The molecule has 0 radical (unpaired) electrons. The number of hydrazine groups is 1. The van der Waals surface area contributed by atoms with Gasteiger partial charge in [0.1, 0.15) is 6.34 Å². The van der Waals surface area contributed by atoms with E-state index in [4.69, 9.17) is 4.42 Å². The Labute approximate surface area is 50.8 Å². The lowest BCUT2D eigenvalue weighted by molar-refractivity contribution is 0.567. The van der Waals surface area contributed by atoms with E-state index < -0.39 is 0 Å². The van der Waals surface area contributed by atoms with Crippen molar-refractivity contribution in [2.24, 2.45) is 4.99 Å². The lowest BCUT2D eigenvalue weighted by Crippen LogP contribution is -2.21. The second kappa shape index (κ2) is 1.48. The molecule has 0 aliphatic carbocycles. The zero-order valence-corrected chi connectivity index (χ0v) is 4.46. The predicted octanol–water partition coefficient (Wildman–Crippen LogP) is 0.264. The molecule has 0 spiro atoms. The average Bonchev–Trinajstić information content (AvgIpc) is 2.33. The van der Waals surface area contributed by atoms with Crippen LogP contribution in [-0.2, 0) is 0 Å². The van der Waals surface area contributed by atoms with Crippen molar-refractivity contribution in [1.29, 1.82) is 0 Å². The molecule has 0 unspecified atom stereocenters. The molecule has 9 heavy (non-hydrogen) atoms. The van der Waals surface area contributed by atoms with Gasteiger partial charge in [-0.25, -0.2) is 4.99 Å². The van der Waals surface area contributed by atoms with E-state index in [0.717, 1.165) is 0 Å². The highest BCUT2D eigenvalue weighted by atomic mass is 16.4. The highest BCUT2D eigenvalue weighted by Gasteiger charge is 2.07. The molecule has 1 aromatic heterocycles. The molecule has 1 aliphatic rings. The van der Waals surface area contributed by atoms with E-state index in [1.807, 2.05) is 0 Å². The van der Waals surface area contributed by atoms with Crippen molar-refractivity contribution in [3.8, 4) is 0 Å². The Morgan fingerprint density at radius 3 is 3.44 bits per heavy atom. The molecule has 46 valence electrons. The third kappa shape index (κ3) is 0.543. The molecule has 0 saturated heterocycles. The van der Waals surface area contributed by atoms with E-state index in [9.17, 15) is 0 Å². The summed E-state index contributed by atoms with van der Waals surface area (Å²) in [5, 5.41) is 0. The van der Waals surface area contributed by atoms with Crippen LogP contribution < -0.4 is 10.9 Å². The standard InChI is InChI=1S/C4H4N4O/c1-5-3-4(8-7-1)9-2-6-3/h1-2,8H,(H,5,7). The first-order chi connectivity index (χ1) is 4.47. The van der Waals surface area contributed by atoms with Gasteiger partial charge in [0.15, 0.2) is 6.39 Å². The van der Waals surface area contributed by atoms with Crippen LogP contribution in [0.4, 0.5) is 11.7 Å². The van der Waals surface area contributed by atoms with Gasteiger partial charge in [-0.15, -0.1) is 0 Å². The van der Waals surface area contributed by atoms with Gasteiger partial charge in [0.2, 0.25) is 5.82 Å². The molecule has 5 nitrogen and oxygen atoms in total. The molecule has 0 saturated carbocycles. The molecule has 5 heteroatoms. The van der Waals surface area contributed by atoms with Crippen molar-refractivity contribution in [3.63, 3.8) is 0 Å². The van der Waals surface area contributed by atoms with E-state index in [0.29, 0.717) is 11.7 Å². The van der Waals surface area contributed by atoms with Crippen molar-refractivity contribution >= 4 is 18.0 Å². The van der Waals surface area contributed by atoms with Crippen LogP contribution in [0.5, 0.6) is 0 Å². The fraction of sp³-hybridized carbons (Fsp3) is 0. The van der Waals surface area contributed by atoms with Gasteiger partial charge in [-0.05, 0) is 0 Å². The first-order valence-electron chi connectivity index (χ1n) is 2.44. The highest BCUT2D eigenvalue weighted by Crippen LogP contribution is 2.22. The number of nitrogens with one attached hydrogen (secondary N) is 2. The number of aliphatic imine (C=N–C) groups is 1. The van der Waals surface area contributed by atoms with Crippen LogP contribution in [0.3, 0.4) is 0 Å². The van der Waals surface area contributed by atoms with Gasteiger partial charge < -0.3 is 4.42 Å². The van der Waals surface area contributed by atoms with E-state index in [-0.39, 0.29) is 0 Å². The first kappa shape index (κ1) is 4.37. The van der Waals surface area contributed by atoms with Crippen LogP contribution in [0.25, 0.3) is 0 Å². The van der Waals surface area contributed by atoms with Crippen LogP contribution in [0.1, 0.15) is 0 Å². The molecule has 0 atom stereocenters. The van der Waals surface area contributed by atoms with Gasteiger partial charge in [-0.1, -0.05) is 0 Å². The SMILES string of the molecule is C1=Nc2ncoc2NN1. The van der Waals surface area contributed by atoms with Crippen LogP contribution in [-0.4, -0.2) is 11.3 Å². The molecule has 0 amide bonds. The Morgan fingerprint density at radius 2 is 2.56 bits per heavy atom. The van der Waals surface area contributed by atoms with Crippen molar-refractivity contribution < 1.29 is 4.42 Å². The molecule has 2 rings (SSSR count). The van der Waals surface area contributed by atoms with Gasteiger partial charge in [-0.3, -0.25) is 10.9 Å². The number of rotatable bonds is 0. The Balaban J connectivity index is 2.53. The maximum absolute atomic E-state index is 4.86. The molecule has 1 aliphatic heterocycles. The fourth-order valence-corrected chi connectivity index (χ4v) is 0.609. The van der Waals surface area contributed by atoms with Crippen molar-refractivity contribution in [2.75, 3.05) is 5.43 Å². The number of anilines is 1. The van der Waals surface area contributed by atoms with Crippen LogP contribution in [0.2, 0.25) is 0 Å². The second-order valence-corrected chi connectivity index (χ2v) is 1.53. The number of fused-ring (bicyclic) bond motifs is 1. The summed E-state index contributed by atoms with van der Waals surface area (Å²) in [5.41, 5.74) is 5.37. The summed E-state index contributed by atoms with van der Waals surface area (Å²) >= 11 is 0. The molecular formula is C4H4N4O. The minimum absolute atomic E-state index is 0.553. The second-order valence-electron chi connectivity index (χ2n) is 1.53. The van der Waals surface area contributed by atoms with Crippen LogP contribution in [0.15, 0.2) is 15.8 Å². The van der Waals surface area contributed by atoms with E-state index in [1.165, 1.54) is 12.7 Å². The monoisotopic (exact) mass is 124 g/mol. The maximum atomic E-state index is 4.86. The van der Waals surface area contributed by atoms with E-state index in [1.54, 1.807) is 0 Å². The lowest BCUT2D eigenvalue weighted by atomic mass is 10.7. The summed E-state index contributed by atoms with van der Waals surface area (Å²) in [6.45, 7) is 0. The Bertz CT molecular complexity index is 240. The Morgan fingerprint density at radius 1 is 1.56 bits per heavy atom. The molecule has 0 aromatic carbocycles. The summed E-state index contributed by atoms with van der Waals surface area (Å²) in [7, 11) is 0. The summed E-state index contributed by atoms with van der Waals surface area (Å²) in [5.74, 6) is 1.13. The number of hydrogen-bond acceptors (Lipinski definition) is 5. The highest BCUT2D eigenvalue weighted by molar-refractivity contribution is 5.70. The molecule has 0 fully saturated rings. The van der Waals surface area contributed by atoms with E-state index >= 15 is 0 Å². The number of hydrogen-bond donors (Lipinski definition) is 2. The third-order valence-corrected chi connectivity index (χ3v) is 0.986. The number of oxazole rings is 1. The van der Waals surface area contributed by atoms with E-state index in [2.05, 4.69) is 20.8 Å². The maximum Gasteiger partial charge on any atom is 0.258 e. The topological polar surface area (TPSA) is 62.5 Å². The minimum Gasteiger partial charge on any atom is -0.424 e. The quantitative estimate of drug-likeness (QED) is 0.521. The van der Waals surface area contributed by atoms with Gasteiger partial charge in [-0.2, -0.15) is 4.98 Å². The Hall–Kier alpha value is -1.52. The molecule has 0 bridgehead atoms.